The number of alkyl carbamates (subject to hydrolysis) is 1. The summed E-state index contributed by atoms with van der Waals surface area (Å²) < 4.78 is 5.06. The van der Waals surface area contributed by atoms with Crippen LogP contribution >= 0.6 is 0 Å². The van der Waals surface area contributed by atoms with Crippen LogP contribution in [0.4, 0.5) is 4.79 Å². The number of hydrogen-bond acceptors (Lipinski definition) is 4. The van der Waals surface area contributed by atoms with E-state index in [-0.39, 0.29) is 25.0 Å². The van der Waals surface area contributed by atoms with Crippen molar-refractivity contribution in [3.8, 4) is 0 Å². The number of ether oxygens (including phenoxy) is 1. The van der Waals surface area contributed by atoms with E-state index in [1.165, 1.54) is 0 Å². The Hall–Kier alpha value is -2.08. The van der Waals surface area contributed by atoms with Crippen molar-refractivity contribution in [2.75, 3.05) is 6.61 Å². The summed E-state index contributed by atoms with van der Waals surface area (Å²) in [5, 5.41) is 20.6. The number of aliphatic carboxylic acids is 1. The molecule has 0 aliphatic heterocycles. The Morgan fingerprint density at radius 2 is 2.05 bits per heavy atom. The number of carbonyl (C=O) groups excluding carboxylic acids is 1. The number of hydrogen-bond donors (Lipinski definition) is 3. The van der Waals surface area contributed by atoms with Crippen LogP contribution in [0.2, 0.25) is 0 Å². The van der Waals surface area contributed by atoms with Crippen LogP contribution in [0.3, 0.4) is 0 Å². The fourth-order valence-electron chi connectivity index (χ4n) is 2.29. The van der Waals surface area contributed by atoms with Gasteiger partial charge in [-0.2, -0.15) is 0 Å². The molecule has 3 unspecified atom stereocenters. The monoisotopic (exact) mass is 293 g/mol. The SMILES string of the molecule is O=C(NC(CO)CC1CC1C(=O)O)OCc1ccccc1. The topological polar surface area (TPSA) is 95.9 Å². The minimum Gasteiger partial charge on any atom is -0.481 e. The minimum atomic E-state index is -0.816. The van der Waals surface area contributed by atoms with Crippen molar-refractivity contribution in [2.24, 2.45) is 11.8 Å². The van der Waals surface area contributed by atoms with E-state index >= 15 is 0 Å². The molecular weight excluding hydrogens is 274 g/mol. The smallest absolute Gasteiger partial charge is 0.407 e. The summed E-state index contributed by atoms with van der Waals surface area (Å²) in [6.45, 7) is -0.0741. The van der Waals surface area contributed by atoms with Crippen LogP contribution in [0, 0.1) is 11.8 Å². The molecule has 2 rings (SSSR count). The maximum Gasteiger partial charge on any atom is 0.407 e. The Morgan fingerprint density at radius 3 is 2.62 bits per heavy atom. The molecule has 1 aliphatic carbocycles. The van der Waals surface area contributed by atoms with Gasteiger partial charge in [-0.25, -0.2) is 4.79 Å². The van der Waals surface area contributed by atoms with E-state index in [2.05, 4.69) is 5.32 Å². The molecule has 1 amide bonds. The number of rotatable bonds is 7. The van der Waals surface area contributed by atoms with Crippen LogP contribution in [-0.2, 0) is 16.1 Å². The van der Waals surface area contributed by atoms with Crippen LogP contribution in [0.25, 0.3) is 0 Å². The number of carboxylic acid groups (broad SMARTS) is 1. The number of aliphatic hydroxyl groups excluding tert-OH is 1. The summed E-state index contributed by atoms with van der Waals surface area (Å²) in [6, 6.07) is 8.80. The van der Waals surface area contributed by atoms with E-state index in [1.54, 1.807) is 0 Å². The number of carbonyl (C=O) groups is 2. The molecule has 0 spiro atoms. The lowest BCUT2D eigenvalue weighted by Gasteiger charge is -2.16. The van der Waals surface area contributed by atoms with Crippen molar-refractivity contribution in [1.82, 2.24) is 5.32 Å². The van der Waals surface area contributed by atoms with Gasteiger partial charge in [-0.15, -0.1) is 0 Å². The van der Waals surface area contributed by atoms with Crippen molar-refractivity contribution in [2.45, 2.75) is 25.5 Å². The normalized spacial score (nSPS) is 21.4. The van der Waals surface area contributed by atoms with E-state index < -0.39 is 18.1 Å². The number of nitrogens with one attached hydrogen (secondary N) is 1. The van der Waals surface area contributed by atoms with Gasteiger partial charge < -0.3 is 20.3 Å². The maximum atomic E-state index is 11.6. The molecule has 0 aromatic heterocycles. The second-order valence-electron chi connectivity index (χ2n) is 5.26. The third-order valence-electron chi connectivity index (χ3n) is 3.58. The Balaban J connectivity index is 1.71. The summed E-state index contributed by atoms with van der Waals surface area (Å²) in [5.74, 6) is -1.14. The molecule has 3 atom stereocenters. The molecule has 1 aromatic carbocycles. The first-order valence-corrected chi connectivity index (χ1v) is 6.91. The first-order chi connectivity index (χ1) is 10.1. The molecule has 1 aliphatic rings. The van der Waals surface area contributed by atoms with Gasteiger partial charge in [-0.3, -0.25) is 4.79 Å². The van der Waals surface area contributed by atoms with Crippen LogP contribution < -0.4 is 5.32 Å². The molecule has 21 heavy (non-hydrogen) atoms. The average Bonchev–Trinajstić information content (AvgIpc) is 3.25. The summed E-state index contributed by atoms with van der Waals surface area (Å²) in [5.41, 5.74) is 0.876. The summed E-state index contributed by atoms with van der Waals surface area (Å²) in [7, 11) is 0. The standard InChI is InChI=1S/C15H19NO5/c17-8-12(6-11-7-13(11)14(18)19)16-15(20)21-9-10-4-2-1-3-5-10/h1-5,11-13,17H,6-9H2,(H,16,20)(H,18,19). The molecule has 0 radical (unpaired) electrons. The van der Waals surface area contributed by atoms with Gasteiger partial charge in [-0.05, 0) is 24.3 Å². The Kier molecular flexibility index (Phi) is 5.16. The zero-order chi connectivity index (χ0) is 15.2. The zero-order valence-electron chi connectivity index (χ0n) is 11.6. The van der Waals surface area contributed by atoms with Gasteiger partial charge in [0.25, 0.3) is 0 Å². The Morgan fingerprint density at radius 1 is 1.33 bits per heavy atom. The second kappa shape index (κ2) is 7.08. The molecule has 0 saturated heterocycles. The summed E-state index contributed by atoms with van der Waals surface area (Å²) >= 11 is 0. The lowest BCUT2D eigenvalue weighted by atomic mass is 10.1. The molecule has 0 bridgehead atoms. The third-order valence-corrected chi connectivity index (χ3v) is 3.58. The number of aliphatic hydroxyl groups is 1. The quantitative estimate of drug-likeness (QED) is 0.706. The summed E-state index contributed by atoms with van der Waals surface area (Å²) in [4.78, 5) is 22.4. The van der Waals surface area contributed by atoms with Crippen molar-refractivity contribution >= 4 is 12.1 Å². The van der Waals surface area contributed by atoms with E-state index in [1.807, 2.05) is 30.3 Å². The number of benzene rings is 1. The lowest BCUT2D eigenvalue weighted by molar-refractivity contribution is -0.138. The average molecular weight is 293 g/mol. The first-order valence-electron chi connectivity index (χ1n) is 6.91. The fourth-order valence-corrected chi connectivity index (χ4v) is 2.29. The first kappa shape index (κ1) is 15.3. The van der Waals surface area contributed by atoms with Crippen LogP contribution in [-0.4, -0.2) is 34.9 Å². The predicted octanol–water partition coefficient (Wildman–Crippen LogP) is 1.38. The van der Waals surface area contributed by atoms with Gasteiger partial charge in [0.05, 0.1) is 18.6 Å². The maximum absolute atomic E-state index is 11.6. The number of amides is 1. The molecular formula is C15H19NO5. The van der Waals surface area contributed by atoms with Crippen LogP contribution in [0.15, 0.2) is 30.3 Å². The van der Waals surface area contributed by atoms with Crippen LogP contribution in [0.1, 0.15) is 18.4 Å². The predicted molar refractivity (Wildman–Crippen MR) is 74.5 cm³/mol. The molecule has 3 N–H and O–H groups in total. The lowest BCUT2D eigenvalue weighted by Crippen LogP contribution is -2.38. The van der Waals surface area contributed by atoms with Crippen molar-refractivity contribution in [1.29, 1.82) is 0 Å². The molecule has 0 heterocycles. The summed E-state index contributed by atoms with van der Waals surface area (Å²) in [6.07, 6.45) is 0.450. The second-order valence-corrected chi connectivity index (χ2v) is 5.26. The molecule has 1 fully saturated rings. The highest BCUT2D eigenvalue weighted by molar-refractivity contribution is 5.73. The van der Waals surface area contributed by atoms with E-state index in [4.69, 9.17) is 9.84 Å². The molecule has 6 heteroatoms. The largest absolute Gasteiger partial charge is 0.481 e. The van der Waals surface area contributed by atoms with E-state index in [9.17, 15) is 14.7 Å². The molecule has 6 nitrogen and oxygen atoms in total. The zero-order valence-corrected chi connectivity index (χ0v) is 11.6. The third kappa shape index (κ3) is 4.75. The van der Waals surface area contributed by atoms with Gasteiger partial charge in [0.15, 0.2) is 0 Å². The van der Waals surface area contributed by atoms with Gasteiger partial charge in [0, 0.05) is 0 Å². The van der Waals surface area contributed by atoms with Gasteiger partial charge >= 0.3 is 12.1 Å². The van der Waals surface area contributed by atoms with Crippen LogP contribution in [0.5, 0.6) is 0 Å². The van der Waals surface area contributed by atoms with Crippen molar-refractivity contribution in [3.05, 3.63) is 35.9 Å². The van der Waals surface area contributed by atoms with Gasteiger partial charge in [0.2, 0.25) is 0 Å². The Labute approximate surface area is 122 Å². The molecule has 1 aromatic rings. The fraction of sp³-hybridized carbons (Fsp3) is 0.467. The number of carboxylic acids is 1. The molecule has 114 valence electrons. The van der Waals surface area contributed by atoms with Gasteiger partial charge in [-0.1, -0.05) is 30.3 Å². The van der Waals surface area contributed by atoms with Crippen molar-refractivity contribution < 1.29 is 24.5 Å². The van der Waals surface area contributed by atoms with E-state index in [0.29, 0.717) is 12.8 Å². The van der Waals surface area contributed by atoms with E-state index in [0.717, 1.165) is 5.56 Å². The van der Waals surface area contributed by atoms with Gasteiger partial charge in [0.1, 0.15) is 6.61 Å². The Bertz CT molecular complexity index is 490. The highest BCUT2D eigenvalue weighted by Gasteiger charge is 2.44. The minimum absolute atomic E-state index is 0.0223. The highest BCUT2D eigenvalue weighted by atomic mass is 16.5. The molecule has 1 saturated carbocycles. The highest BCUT2D eigenvalue weighted by Crippen LogP contribution is 2.42. The van der Waals surface area contributed by atoms with Crippen molar-refractivity contribution in [3.63, 3.8) is 0 Å².